The van der Waals surface area contributed by atoms with Gasteiger partial charge in [-0.2, -0.15) is 0 Å². The molecule has 0 bridgehead atoms. The fraction of sp³-hybridized carbons (Fsp3) is 0.857. The van der Waals surface area contributed by atoms with Crippen LogP contribution in [0.15, 0.2) is 0 Å². The van der Waals surface area contributed by atoms with Gasteiger partial charge in [0.15, 0.2) is 0 Å². The summed E-state index contributed by atoms with van der Waals surface area (Å²) in [6.45, 7) is 1.26. The molecule has 1 rings (SSSR count). The van der Waals surface area contributed by atoms with Crippen LogP contribution in [0.2, 0.25) is 0 Å². The summed E-state index contributed by atoms with van der Waals surface area (Å²) in [4.78, 5) is 10.5. The largest absolute Gasteiger partial charge is 0.436 e. The van der Waals surface area contributed by atoms with E-state index in [1.807, 2.05) is 0 Å². The Morgan fingerprint density at radius 1 is 1.50 bits per heavy atom. The number of carbonyl (C=O) groups is 1. The Labute approximate surface area is 69.9 Å². The number of aliphatic hydroxyl groups is 2. The molecular formula is C7H12O5. The van der Waals surface area contributed by atoms with Crippen molar-refractivity contribution < 1.29 is 24.5 Å². The van der Waals surface area contributed by atoms with Crippen molar-refractivity contribution in [2.45, 2.75) is 31.8 Å². The Kier molecular flexibility index (Phi) is 3.02. The lowest BCUT2D eigenvalue weighted by atomic mass is 10.1. The second-order valence-electron chi connectivity index (χ2n) is 2.74. The molecule has 70 valence electrons. The van der Waals surface area contributed by atoms with Gasteiger partial charge >= 0.3 is 5.97 Å². The molecule has 2 N–H and O–H groups in total. The Hall–Kier alpha value is -0.650. The second-order valence-corrected chi connectivity index (χ2v) is 2.74. The van der Waals surface area contributed by atoms with E-state index in [1.165, 1.54) is 6.92 Å². The second kappa shape index (κ2) is 3.84. The highest BCUT2D eigenvalue weighted by atomic mass is 16.7. The summed E-state index contributed by atoms with van der Waals surface area (Å²) in [5.74, 6) is -0.455. The van der Waals surface area contributed by atoms with E-state index in [0.717, 1.165) is 0 Å². The normalized spacial score (nSPS) is 36.1. The molecule has 12 heavy (non-hydrogen) atoms. The highest BCUT2D eigenvalue weighted by molar-refractivity contribution is 5.66. The van der Waals surface area contributed by atoms with Gasteiger partial charge in [0, 0.05) is 13.3 Å². The Bertz CT molecular complexity index is 169. The SMILES string of the molecule is CC(=O)OC1CC(O)C(O)CO1. The van der Waals surface area contributed by atoms with Crippen LogP contribution in [0.25, 0.3) is 0 Å². The molecule has 0 saturated carbocycles. The number of esters is 1. The van der Waals surface area contributed by atoms with Crippen molar-refractivity contribution >= 4 is 5.97 Å². The van der Waals surface area contributed by atoms with Gasteiger partial charge in [-0.05, 0) is 0 Å². The zero-order valence-electron chi connectivity index (χ0n) is 6.77. The lowest BCUT2D eigenvalue weighted by Gasteiger charge is -2.29. The molecule has 1 aliphatic heterocycles. The number of aliphatic hydroxyl groups excluding tert-OH is 2. The summed E-state index contributed by atoms with van der Waals surface area (Å²) in [5, 5.41) is 18.2. The lowest BCUT2D eigenvalue weighted by Crippen LogP contribution is -2.42. The zero-order valence-corrected chi connectivity index (χ0v) is 6.77. The number of ether oxygens (including phenoxy) is 2. The van der Waals surface area contributed by atoms with Gasteiger partial charge in [-0.3, -0.25) is 4.79 Å². The van der Waals surface area contributed by atoms with E-state index in [9.17, 15) is 4.79 Å². The van der Waals surface area contributed by atoms with E-state index >= 15 is 0 Å². The summed E-state index contributed by atoms with van der Waals surface area (Å²) < 4.78 is 9.60. The molecule has 0 aromatic rings. The Morgan fingerprint density at radius 3 is 2.67 bits per heavy atom. The maximum atomic E-state index is 10.5. The van der Waals surface area contributed by atoms with E-state index in [2.05, 4.69) is 4.74 Å². The van der Waals surface area contributed by atoms with Crippen molar-refractivity contribution in [1.82, 2.24) is 0 Å². The topological polar surface area (TPSA) is 76.0 Å². The summed E-state index contributed by atoms with van der Waals surface area (Å²) in [5.41, 5.74) is 0. The van der Waals surface area contributed by atoms with Crippen molar-refractivity contribution in [3.8, 4) is 0 Å². The summed E-state index contributed by atoms with van der Waals surface area (Å²) >= 11 is 0. The fourth-order valence-electron chi connectivity index (χ4n) is 1.01. The van der Waals surface area contributed by atoms with Gasteiger partial charge in [-0.15, -0.1) is 0 Å². The minimum Gasteiger partial charge on any atom is -0.436 e. The molecule has 1 saturated heterocycles. The molecule has 1 aliphatic rings. The summed E-state index contributed by atoms with van der Waals surface area (Å²) in [7, 11) is 0. The standard InChI is InChI=1S/C7H12O5/c1-4(8)12-7-2-5(9)6(10)3-11-7/h5-7,9-10H,2-3H2,1H3. The smallest absolute Gasteiger partial charge is 0.304 e. The number of hydrogen-bond donors (Lipinski definition) is 2. The zero-order chi connectivity index (χ0) is 9.14. The average molecular weight is 176 g/mol. The van der Waals surface area contributed by atoms with E-state index in [-0.39, 0.29) is 13.0 Å². The van der Waals surface area contributed by atoms with Crippen LogP contribution in [0.4, 0.5) is 0 Å². The third-order valence-electron chi connectivity index (χ3n) is 1.63. The predicted octanol–water partition coefficient (Wildman–Crippen LogP) is -0.982. The first-order chi connectivity index (χ1) is 5.59. The predicted molar refractivity (Wildman–Crippen MR) is 38.1 cm³/mol. The van der Waals surface area contributed by atoms with Crippen LogP contribution in [0.1, 0.15) is 13.3 Å². The van der Waals surface area contributed by atoms with Crippen LogP contribution < -0.4 is 0 Å². The minimum absolute atomic E-state index is 0.000880. The first-order valence-corrected chi connectivity index (χ1v) is 3.74. The van der Waals surface area contributed by atoms with Crippen LogP contribution in [0.5, 0.6) is 0 Å². The maximum absolute atomic E-state index is 10.5. The van der Waals surface area contributed by atoms with Crippen molar-refractivity contribution in [2.75, 3.05) is 6.61 Å². The molecule has 0 spiro atoms. The van der Waals surface area contributed by atoms with Crippen LogP contribution in [-0.4, -0.2) is 41.3 Å². The third kappa shape index (κ3) is 2.44. The average Bonchev–Trinajstić information content (AvgIpc) is 1.96. The molecule has 0 radical (unpaired) electrons. The number of rotatable bonds is 1. The lowest BCUT2D eigenvalue weighted by molar-refractivity contribution is -0.216. The Morgan fingerprint density at radius 2 is 2.17 bits per heavy atom. The first kappa shape index (κ1) is 9.44. The molecule has 5 heteroatoms. The molecular weight excluding hydrogens is 164 g/mol. The van der Waals surface area contributed by atoms with Gasteiger partial charge in [0.1, 0.15) is 6.10 Å². The molecule has 0 aromatic carbocycles. The highest BCUT2D eigenvalue weighted by Crippen LogP contribution is 2.15. The maximum Gasteiger partial charge on any atom is 0.304 e. The van der Waals surface area contributed by atoms with Gasteiger partial charge in [-0.25, -0.2) is 0 Å². The first-order valence-electron chi connectivity index (χ1n) is 3.74. The highest BCUT2D eigenvalue weighted by Gasteiger charge is 2.29. The van der Waals surface area contributed by atoms with Gasteiger partial charge in [0.2, 0.25) is 6.29 Å². The van der Waals surface area contributed by atoms with Gasteiger partial charge in [0.25, 0.3) is 0 Å². The van der Waals surface area contributed by atoms with Gasteiger partial charge < -0.3 is 19.7 Å². The van der Waals surface area contributed by atoms with E-state index in [1.54, 1.807) is 0 Å². The van der Waals surface area contributed by atoms with E-state index in [4.69, 9.17) is 14.9 Å². The van der Waals surface area contributed by atoms with Crippen molar-refractivity contribution in [2.24, 2.45) is 0 Å². The van der Waals surface area contributed by atoms with Crippen molar-refractivity contribution in [3.05, 3.63) is 0 Å². The van der Waals surface area contributed by atoms with Crippen molar-refractivity contribution in [1.29, 1.82) is 0 Å². The van der Waals surface area contributed by atoms with E-state index in [0.29, 0.717) is 0 Å². The van der Waals surface area contributed by atoms with Crippen molar-refractivity contribution in [3.63, 3.8) is 0 Å². The molecule has 3 atom stereocenters. The van der Waals surface area contributed by atoms with Gasteiger partial charge in [0.05, 0.1) is 12.7 Å². The van der Waals surface area contributed by atoms with E-state index < -0.39 is 24.5 Å². The fourth-order valence-corrected chi connectivity index (χ4v) is 1.01. The number of carbonyl (C=O) groups excluding carboxylic acids is 1. The quantitative estimate of drug-likeness (QED) is 0.502. The number of hydrogen-bond acceptors (Lipinski definition) is 5. The summed E-state index contributed by atoms with van der Waals surface area (Å²) in [6, 6.07) is 0. The minimum atomic E-state index is -0.878. The molecule has 5 nitrogen and oxygen atoms in total. The molecule has 0 aromatic heterocycles. The molecule has 1 heterocycles. The molecule has 0 aliphatic carbocycles. The van der Waals surface area contributed by atoms with Crippen LogP contribution >= 0.6 is 0 Å². The van der Waals surface area contributed by atoms with Crippen LogP contribution in [0, 0.1) is 0 Å². The molecule has 1 fully saturated rings. The third-order valence-corrected chi connectivity index (χ3v) is 1.63. The Balaban J connectivity index is 2.35. The van der Waals surface area contributed by atoms with Gasteiger partial charge in [-0.1, -0.05) is 0 Å². The monoisotopic (exact) mass is 176 g/mol. The summed E-state index contributed by atoms with van der Waals surface area (Å²) in [6.07, 6.45) is -2.35. The van der Waals surface area contributed by atoms with Crippen LogP contribution in [0.3, 0.4) is 0 Å². The van der Waals surface area contributed by atoms with Crippen LogP contribution in [-0.2, 0) is 14.3 Å². The molecule has 0 amide bonds. The molecule has 3 unspecified atom stereocenters.